The molecule has 5 heteroatoms. The average Bonchev–Trinajstić information content (AvgIpc) is 2.27. The highest BCUT2D eigenvalue weighted by Crippen LogP contribution is 2.32. The quantitative estimate of drug-likeness (QED) is 0.664. The topological polar surface area (TPSA) is 78.4 Å². The van der Waals surface area contributed by atoms with E-state index in [1.165, 1.54) is 0 Å². The van der Waals surface area contributed by atoms with E-state index in [-0.39, 0.29) is 12.5 Å². The summed E-state index contributed by atoms with van der Waals surface area (Å²) in [5.41, 5.74) is -0.914. The number of carbonyl (C=O) groups excluding carboxylic acids is 1. The number of carboxylic acids is 1. The summed E-state index contributed by atoms with van der Waals surface area (Å²) in [6.07, 6.45) is 3.17. The van der Waals surface area contributed by atoms with Crippen LogP contribution in [0.5, 0.6) is 0 Å². The Balaban J connectivity index is 2.59. The highest BCUT2D eigenvalue weighted by molar-refractivity contribution is 5.82. The van der Waals surface area contributed by atoms with E-state index in [2.05, 4.69) is 17.6 Å². The van der Waals surface area contributed by atoms with Crippen molar-refractivity contribution in [2.45, 2.75) is 45.1 Å². The molecule has 2 unspecified atom stereocenters. The predicted octanol–water partition coefficient (Wildman–Crippen LogP) is 0.746. The third kappa shape index (κ3) is 3.70. The summed E-state index contributed by atoms with van der Waals surface area (Å²) in [6.45, 7) is 4.54. The van der Waals surface area contributed by atoms with E-state index in [0.717, 1.165) is 12.8 Å². The third-order valence-corrected chi connectivity index (χ3v) is 3.37. The number of amides is 1. The SMILES string of the molecule is CCNC(=O)CNC1(C(=O)O)CCCC(C)C1. The van der Waals surface area contributed by atoms with Crippen LogP contribution in [0.1, 0.15) is 39.5 Å². The molecule has 0 spiro atoms. The Hall–Kier alpha value is -1.10. The second-order valence-corrected chi connectivity index (χ2v) is 4.90. The highest BCUT2D eigenvalue weighted by atomic mass is 16.4. The molecular formula is C12H22N2O3. The lowest BCUT2D eigenvalue weighted by atomic mass is 9.76. The molecule has 0 aromatic carbocycles. The molecular weight excluding hydrogens is 220 g/mol. The van der Waals surface area contributed by atoms with E-state index < -0.39 is 11.5 Å². The molecule has 1 amide bonds. The zero-order valence-corrected chi connectivity index (χ0v) is 10.6. The van der Waals surface area contributed by atoms with Crippen LogP contribution in [0.15, 0.2) is 0 Å². The van der Waals surface area contributed by atoms with Crippen LogP contribution in [0.4, 0.5) is 0 Å². The molecule has 5 nitrogen and oxygen atoms in total. The van der Waals surface area contributed by atoms with Crippen molar-refractivity contribution >= 4 is 11.9 Å². The summed E-state index contributed by atoms with van der Waals surface area (Å²) < 4.78 is 0. The van der Waals surface area contributed by atoms with E-state index in [4.69, 9.17) is 0 Å². The van der Waals surface area contributed by atoms with Gasteiger partial charge in [-0.25, -0.2) is 0 Å². The van der Waals surface area contributed by atoms with Gasteiger partial charge in [-0.15, -0.1) is 0 Å². The molecule has 0 aliphatic heterocycles. The fraction of sp³-hybridized carbons (Fsp3) is 0.833. The molecule has 1 aliphatic carbocycles. The van der Waals surface area contributed by atoms with Crippen LogP contribution in [0.3, 0.4) is 0 Å². The van der Waals surface area contributed by atoms with E-state index in [9.17, 15) is 14.7 Å². The van der Waals surface area contributed by atoms with Crippen LogP contribution in [-0.4, -0.2) is 35.6 Å². The van der Waals surface area contributed by atoms with Gasteiger partial charge >= 0.3 is 5.97 Å². The molecule has 1 fully saturated rings. The van der Waals surface area contributed by atoms with Crippen molar-refractivity contribution in [1.29, 1.82) is 0 Å². The van der Waals surface area contributed by atoms with Crippen LogP contribution in [0.25, 0.3) is 0 Å². The first kappa shape index (κ1) is 14.0. The van der Waals surface area contributed by atoms with Crippen molar-refractivity contribution < 1.29 is 14.7 Å². The lowest BCUT2D eigenvalue weighted by Gasteiger charge is -2.37. The number of hydrogen-bond donors (Lipinski definition) is 3. The smallest absolute Gasteiger partial charge is 0.323 e. The van der Waals surface area contributed by atoms with Crippen molar-refractivity contribution in [1.82, 2.24) is 10.6 Å². The van der Waals surface area contributed by atoms with Gasteiger partial charge < -0.3 is 10.4 Å². The van der Waals surface area contributed by atoms with Gasteiger partial charge in [-0.2, -0.15) is 0 Å². The van der Waals surface area contributed by atoms with Gasteiger partial charge in [0.05, 0.1) is 6.54 Å². The molecule has 0 aromatic rings. The summed E-state index contributed by atoms with van der Waals surface area (Å²) in [4.78, 5) is 22.8. The maximum Gasteiger partial charge on any atom is 0.323 e. The van der Waals surface area contributed by atoms with Gasteiger partial charge in [0.1, 0.15) is 5.54 Å². The number of likely N-dealkylation sites (N-methyl/N-ethyl adjacent to an activating group) is 1. The van der Waals surface area contributed by atoms with E-state index in [1.807, 2.05) is 6.92 Å². The number of rotatable bonds is 5. The maximum absolute atomic E-state index is 11.4. The largest absolute Gasteiger partial charge is 0.480 e. The molecule has 0 saturated heterocycles. The molecule has 1 saturated carbocycles. The van der Waals surface area contributed by atoms with Crippen molar-refractivity contribution in [2.24, 2.45) is 5.92 Å². The first-order valence-corrected chi connectivity index (χ1v) is 6.25. The Labute approximate surface area is 102 Å². The highest BCUT2D eigenvalue weighted by Gasteiger charge is 2.41. The predicted molar refractivity (Wildman–Crippen MR) is 64.7 cm³/mol. The van der Waals surface area contributed by atoms with Gasteiger partial charge in [-0.05, 0) is 25.7 Å². The third-order valence-electron chi connectivity index (χ3n) is 3.37. The van der Waals surface area contributed by atoms with E-state index in [0.29, 0.717) is 25.3 Å². The van der Waals surface area contributed by atoms with Crippen molar-refractivity contribution in [3.8, 4) is 0 Å². The molecule has 0 bridgehead atoms. The Morgan fingerprint density at radius 3 is 2.71 bits per heavy atom. The Kier molecular flexibility index (Phi) is 4.93. The number of aliphatic carboxylic acids is 1. The molecule has 0 heterocycles. The number of carboxylic acid groups (broad SMARTS) is 1. The van der Waals surface area contributed by atoms with Crippen molar-refractivity contribution in [2.75, 3.05) is 13.1 Å². The molecule has 1 rings (SSSR count). The first-order chi connectivity index (χ1) is 8.00. The maximum atomic E-state index is 11.4. The summed E-state index contributed by atoms with van der Waals surface area (Å²) >= 11 is 0. The Morgan fingerprint density at radius 1 is 1.47 bits per heavy atom. The van der Waals surface area contributed by atoms with Gasteiger partial charge in [-0.1, -0.05) is 19.8 Å². The summed E-state index contributed by atoms with van der Waals surface area (Å²) in [5.74, 6) is -0.596. The van der Waals surface area contributed by atoms with Gasteiger partial charge in [0.15, 0.2) is 0 Å². The fourth-order valence-electron chi connectivity index (χ4n) is 2.49. The number of carbonyl (C=O) groups is 2. The van der Waals surface area contributed by atoms with Crippen molar-refractivity contribution in [3.63, 3.8) is 0 Å². The molecule has 3 N–H and O–H groups in total. The fourth-order valence-corrected chi connectivity index (χ4v) is 2.49. The van der Waals surface area contributed by atoms with Crippen LogP contribution < -0.4 is 10.6 Å². The van der Waals surface area contributed by atoms with E-state index >= 15 is 0 Å². The summed E-state index contributed by atoms with van der Waals surface area (Å²) in [6, 6.07) is 0. The monoisotopic (exact) mass is 242 g/mol. The molecule has 2 atom stereocenters. The Morgan fingerprint density at radius 2 is 2.18 bits per heavy atom. The summed E-state index contributed by atoms with van der Waals surface area (Å²) in [7, 11) is 0. The molecule has 98 valence electrons. The van der Waals surface area contributed by atoms with Gasteiger partial charge in [0.2, 0.25) is 5.91 Å². The van der Waals surface area contributed by atoms with Crippen LogP contribution >= 0.6 is 0 Å². The van der Waals surface area contributed by atoms with Gasteiger partial charge in [-0.3, -0.25) is 14.9 Å². The zero-order valence-electron chi connectivity index (χ0n) is 10.6. The van der Waals surface area contributed by atoms with Crippen LogP contribution in [0.2, 0.25) is 0 Å². The minimum atomic E-state index is -0.914. The average molecular weight is 242 g/mol. The number of nitrogens with one attached hydrogen (secondary N) is 2. The molecule has 0 radical (unpaired) electrons. The number of hydrogen-bond acceptors (Lipinski definition) is 3. The van der Waals surface area contributed by atoms with Gasteiger partial charge in [0.25, 0.3) is 0 Å². The zero-order chi connectivity index (χ0) is 12.9. The second kappa shape index (κ2) is 6.00. The van der Waals surface area contributed by atoms with E-state index in [1.54, 1.807) is 0 Å². The summed E-state index contributed by atoms with van der Waals surface area (Å²) in [5, 5.41) is 15.0. The minimum absolute atomic E-state index is 0.0762. The first-order valence-electron chi connectivity index (χ1n) is 6.25. The van der Waals surface area contributed by atoms with Crippen LogP contribution in [0, 0.1) is 5.92 Å². The van der Waals surface area contributed by atoms with Crippen molar-refractivity contribution in [3.05, 3.63) is 0 Å². The van der Waals surface area contributed by atoms with Crippen LogP contribution in [-0.2, 0) is 9.59 Å². The van der Waals surface area contributed by atoms with Gasteiger partial charge in [0, 0.05) is 6.54 Å². The molecule has 17 heavy (non-hydrogen) atoms. The molecule has 1 aliphatic rings. The minimum Gasteiger partial charge on any atom is -0.480 e. The lowest BCUT2D eigenvalue weighted by molar-refractivity contribution is -0.147. The normalized spacial score (nSPS) is 28.7. The standard InChI is InChI=1S/C12H22N2O3/c1-3-13-10(15)8-14-12(11(16)17)6-4-5-9(2)7-12/h9,14H,3-8H2,1-2H3,(H,13,15)(H,16,17). The Bertz CT molecular complexity index is 293. The molecule has 0 aromatic heterocycles. The second-order valence-electron chi connectivity index (χ2n) is 4.90. The lowest BCUT2D eigenvalue weighted by Crippen LogP contribution is -2.56.